The number of aryl methyl sites for hydroxylation is 2. The monoisotopic (exact) mass is 356 g/mol. The van der Waals surface area contributed by atoms with Crippen molar-refractivity contribution in [2.24, 2.45) is 0 Å². The number of hydrogen-bond donors (Lipinski definition) is 0. The van der Waals surface area contributed by atoms with Crippen LogP contribution in [0.15, 0.2) is 6.07 Å². The third-order valence-corrected chi connectivity index (χ3v) is 6.23. The van der Waals surface area contributed by atoms with Gasteiger partial charge in [-0.1, -0.05) is 0 Å². The molecule has 1 aliphatic carbocycles. The van der Waals surface area contributed by atoms with Gasteiger partial charge in [0.05, 0.1) is 18.9 Å². The van der Waals surface area contributed by atoms with Crippen LogP contribution in [0.25, 0.3) is 5.65 Å². The molecule has 140 valence electrons. The van der Waals surface area contributed by atoms with Crippen LogP contribution in [-0.4, -0.2) is 82.1 Å². The van der Waals surface area contributed by atoms with Crippen molar-refractivity contribution in [1.29, 1.82) is 0 Å². The molecule has 5 rings (SSSR count). The molecule has 26 heavy (non-hydrogen) atoms. The van der Waals surface area contributed by atoms with E-state index < -0.39 is 0 Å². The second kappa shape index (κ2) is 7.21. The smallest absolute Gasteiger partial charge is 0.178 e. The van der Waals surface area contributed by atoms with Crippen LogP contribution in [0.5, 0.6) is 0 Å². The predicted molar refractivity (Wildman–Crippen MR) is 98.5 cm³/mol. The summed E-state index contributed by atoms with van der Waals surface area (Å²) in [5, 5.41) is 13.8. The molecule has 2 fully saturated rings. The summed E-state index contributed by atoms with van der Waals surface area (Å²) in [6.45, 7) is 8.56. The van der Waals surface area contributed by atoms with Gasteiger partial charge in [-0.05, 0) is 56.8 Å². The SMILES string of the molecule is c1c2c(nn3c(C4CCN(CCN5CCOCC5)CC4)nnc13)CCC2. The van der Waals surface area contributed by atoms with E-state index in [1.807, 2.05) is 4.52 Å². The number of hydrogen-bond acceptors (Lipinski definition) is 6. The first-order valence-electron chi connectivity index (χ1n) is 10.1. The Morgan fingerprint density at radius 2 is 1.73 bits per heavy atom. The molecule has 2 aliphatic heterocycles. The summed E-state index contributed by atoms with van der Waals surface area (Å²) in [7, 11) is 0. The molecule has 0 unspecified atom stereocenters. The molecule has 4 heterocycles. The van der Waals surface area contributed by atoms with Crippen LogP contribution in [-0.2, 0) is 17.6 Å². The van der Waals surface area contributed by atoms with Crippen molar-refractivity contribution in [1.82, 2.24) is 29.6 Å². The molecular formula is C19H28N6O. The van der Waals surface area contributed by atoms with E-state index in [1.54, 1.807) is 0 Å². The first kappa shape index (κ1) is 16.6. The molecule has 0 bridgehead atoms. The maximum atomic E-state index is 5.43. The molecule has 0 aromatic carbocycles. The fourth-order valence-corrected chi connectivity index (χ4v) is 4.57. The van der Waals surface area contributed by atoms with Gasteiger partial charge in [0.25, 0.3) is 0 Å². The molecule has 0 spiro atoms. The van der Waals surface area contributed by atoms with Gasteiger partial charge >= 0.3 is 0 Å². The van der Waals surface area contributed by atoms with Crippen molar-refractivity contribution in [2.45, 2.75) is 38.0 Å². The van der Waals surface area contributed by atoms with Gasteiger partial charge in [-0.3, -0.25) is 4.90 Å². The van der Waals surface area contributed by atoms with Crippen molar-refractivity contribution in [3.05, 3.63) is 23.1 Å². The van der Waals surface area contributed by atoms with Crippen LogP contribution in [0.3, 0.4) is 0 Å². The molecular weight excluding hydrogens is 328 g/mol. The molecule has 2 saturated heterocycles. The highest BCUT2D eigenvalue weighted by Crippen LogP contribution is 2.28. The number of ether oxygens (including phenoxy) is 1. The lowest BCUT2D eigenvalue weighted by Crippen LogP contribution is -2.43. The van der Waals surface area contributed by atoms with Gasteiger partial charge in [0, 0.05) is 32.1 Å². The Labute approximate surface area is 154 Å². The molecule has 2 aromatic rings. The average molecular weight is 356 g/mol. The molecule has 2 aromatic heterocycles. The van der Waals surface area contributed by atoms with E-state index in [2.05, 4.69) is 26.1 Å². The van der Waals surface area contributed by atoms with E-state index in [0.29, 0.717) is 5.92 Å². The highest BCUT2D eigenvalue weighted by atomic mass is 16.5. The zero-order chi connectivity index (χ0) is 17.3. The van der Waals surface area contributed by atoms with Gasteiger partial charge in [-0.25, -0.2) is 0 Å². The van der Waals surface area contributed by atoms with E-state index in [9.17, 15) is 0 Å². The minimum atomic E-state index is 0.483. The number of morpholine rings is 1. The Hall–Kier alpha value is -1.57. The van der Waals surface area contributed by atoms with Crippen LogP contribution in [0.1, 0.15) is 42.3 Å². The summed E-state index contributed by atoms with van der Waals surface area (Å²) < 4.78 is 7.46. The molecule has 0 radical (unpaired) electrons. The van der Waals surface area contributed by atoms with E-state index in [0.717, 1.165) is 83.1 Å². The number of nitrogens with zero attached hydrogens (tertiary/aromatic N) is 6. The molecule has 0 amide bonds. The lowest BCUT2D eigenvalue weighted by Gasteiger charge is -2.33. The third kappa shape index (κ3) is 3.23. The summed E-state index contributed by atoms with van der Waals surface area (Å²) >= 11 is 0. The highest BCUT2D eigenvalue weighted by Gasteiger charge is 2.26. The van der Waals surface area contributed by atoms with Gasteiger partial charge < -0.3 is 9.64 Å². The Kier molecular flexibility index (Phi) is 4.60. The predicted octanol–water partition coefficient (Wildman–Crippen LogP) is 1.12. The lowest BCUT2D eigenvalue weighted by molar-refractivity contribution is 0.0320. The number of likely N-dealkylation sites (tertiary alicyclic amines) is 1. The Bertz CT molecular complexity index is 761. The standard InChI is InChI=1S/C19H28N6O/c1-2-16-14-18-20-21-19(25(18)22-17(16)3-1)15-4-6-23(7-5-15)8-9-24-10-12-26-13-11-24/h14-15H,1-13H2. The first-order chi connectivity index (χ1) is 12.9. The average Bonchev–Trinajstić information content (AvgIpc) is 3.32. The number of rotatable bonds is 4. The van der Waals surface area contributed by atoms with Crippen molar-refractivity contribution in [3.8, 4) is 0 Å². The largest absolute Gasteiger partial charge is 0.379 e. The van der Waals surface area contributed by atoms with Crippen molar-refractivity contribution < 1.29 is 4.74 Å². The van der Waals surface area contributed by atoms with Crippen molar-refractivity contribution in [2.75, 3.05) is 52.5 Å². The maximum absolute atomic E-state index is 5.43. The van der Waals surface area contributed by atoms with Gasteiger partial charge in [0.1, 0.15) is 0 Å². The normalized spacial score (nSPS) is 22.9. The Morgan fingerprint density at radius 1 is 0.962 bits per heavy atom. The fourth-order valence-electron chi connectivity index (χ4n) is 4.57. The minimum absolute atomic E-state index is 0.483. The van der Waals surface area contributed by atoms with Crippen LogP contribution >= 0.6 is 0 Å². The maximum Gasteiger partial charge on any atom is 0.178 e. The van der Waals surface area contributed by atoms with Crippen LogP contribution < -0.4 is 0 Å². The summed E-state index contributed by atoms with van der Waals surface area (Å²) in [6.07, 6.45) is 5.77. The van der Waals surface area contributed by atoms with Crippen molar-refractivity contribution in [3.63, 3.8) is 0 Å². The summed E-state index contributed by atoms with van der Waals surface area (Å²) in [5.41, 5.74) is 3.55. The van der Waals surface area contributed by atoms with Gasteiger partial charge in [-0.15, -0.1) is 10.2 Å². The highest BCUT2D eigenvalue weighted by molar-refractivity contribution is 5.43. The van der Waals surface area contributed by atoms with E-state index in [4.69, 9.17) is 9.84 Å². The third-order valence-electron chi connectivity index (χ3n) is 6.23. The number of fused-ring (bicyclic) bond motifs is 2. The topological polar surface area (TPSA) is 58.8 Å². The van der Waals surface area contributed by atoms with E-state index in [-0.39, 0.29) is 0 Å². The molecule has 7 nitrogen and oxygen atoms in total. The molecule has 0 saturated carbocycles. The van der Waals surface area contributed by atoms with Crippen molar-refractivity contribution >= 4 is 5.65 Å². The summed E-state index contributed by atoms with van der Waals surface area (Å²) in [4.78, 5) is 5.12. The molecule has 3 aliphatic rings. The van der Waals surface area contributed by atoms with Gasteiger partial charge in [-0.2, -0.15) is 9.61 Å². The lowest BCUT2D eigenvalue weighted by atomic mass is 9.96. The second-order valence-corrected chi connectivity index (χ2v) is 7.87. The van der Waals surface area contributed by atoms with Crippen LogP contribution in [0, 0.1) is 0 Å². The van der Waals surface area contributed by atoms with E-state index in [1.165, 1.54) is 24.2 Å². The van der Waals surface area contributed by atoms with Crippen LogP contribution in [0.2, 0.25) is 0 Å². The molecule has 7 heteroatoms. The fraction of sp³-hybridized carbons (Fsp3) is 0.737. The number of piperidine rings is 1. The Morgan fingerprint density at radius 3 is 2.54 bits per heavy atom. The molecule has 0 N–H and O–H groups in total. The zero-order valence-corrected chi connectivity index (χ0v) is 15.4. The van der Waals surface area contributed by atoms with Gasteiger partial charge in [0.2, 0.25) is 0 Å². The first-order valence-corrected chi connectivity index (χ1v) is 10.1. The Balaban J connectivity index is 1.21. The van der Waals surface area contributed by atoms with Crippen LogP contribution in [0.4, 0.5) is 0 Å². The number of aromatic nitrogens is 4. The summed E-state index contributed by atoms with van der Waals surface area (Å²) in [6, 6.07) is 2.20. The zero-order valence-electron chi connectivity index (χ0n) is 15.4. The van der Waals surface area contributed by atoms with E-state index >= 15 is 0 Å². The minimum Gasteiger partial charge on any atom is -0.379 e. The molecule has 0 atom stereocenters. The van der Waals surface area contributed by atoms with Gasteiger partial charge in [0.15, 0.2) is 11.5 Å². The summed E-state index contributed by atoms with van der Waals surface area (Å²) in [5.74, 6) is 1.55. The quantitative estimate of drug-likeness (QED) is 0.818. The second-order valence-electron chi connectivity index (χ2n) is 7.87.